The van der Waals surface area contributed by atoms with E-state index in [-0.39, 0.29) is 0 Å². The van der Waals surface area contributed by atoms with Gasteiger partial charge in [-0.1, -0.05) is 6.58 Å². The predicted octanol–water partition coefficient (Wildman–Crippen LogP) is 3.66. The SMILES string of the molecule is C=C(c1ccc(N=C(C)C)c(C)n1)c1cncnc1C. The Kier molecular flexibility index (Phi) is 4.03. The van der Waals surface area contributed by atoms with Crippen LogP contribution < -0.4 is 0 Å². The van der Waals surface area contributed by atoms with Gasteiger partial charge in [0.25, 0.3) is 0 Å². The van der Waals surface area contributed by atoms with Gasteiger partial charge in [-0.25, -0.2) is 9.97 Å². The van der Waals surface area contributed by atoms with Crippen LogP contribution in [-0.4, -0.2) is 20.7 Å². The van der Waals surface area contributed by atoms with Crippen molar-refractivity contribution in [2.24, 2.45) is 4.99 Å². The molecule has 0 aromatic carbocycles. The van der Waals surface area contributed by atoms with Gasteiger partial charge in [-0.05, 0) is 39.8 Å². The van der Waals surface area contributed by atoms with Gasteiger partial charge >= 0.3 is 0 Å². The lowest BCUT2D eigenvalue weighted by atomic mass is 10.0. The lowest BCUT2D eigenvalue weighted by Gasteiger charge is -2.09. The molecule has 0 fully saturated rings. The van der Waals surface area contributed by atoms with Gasteiger partial charge in [0.2, 0.25) is 0 Å². The minimum Gasteiger partial charge on any atom is -0.257 e. The zero-order chi connectivity index (χ0) is 14.7. The molecule has 2 aromatic heterocycles. The number of aliphatic imine (C=N–C) groups is 1. The molecule has 2 heterocycles. The molecule has 4 heteroatoms. The fourth-order valence-corrected chi connectivity index (χ4v) is 1.91. The molecule has 0 bridgehead atoms. The number of nitrogens with zero attached hydrogens (tertiary/aromatic N) is 4. The topological polar surface area (TPSA) is 51.0 Å². The molecular formula is C16H18N4. The molecule has 0 spiro atoms. The van der Waals surface area contributed by atoms with Gasteiger partial charge in [0.05, 0.1) is 17.1 Å². The highest BCUT2D eigenvalue weighted by molar-refractivity contribution is 5.83. The largest absolute Gasteiger partial charge is 0.257 e. The van der Waals surface area contributed by atoms with Gasteiger partial charge in [0.1, 0.15) is 6.33 Å². The maximum Gasteiger partial charge on any atom is 0.115 e. The smallest absolute Gasteiger partial charge is 0.115 e. The van der Waals surface area contributed by atoms with E-state index in [1.165, 1.54) is 6.33 Å². The van der Waals surface area contributed by atoms with Crippen molar-refractivity contribution < 1.29 is 0 Å². The van der Waals surface area contributed by atoms with E-state index in [9.17, 15) is 0 Å². The summed E-state index contributed by atoms with van der Waals surface area (Å²) in [6.07, 6.45) is 3.30. The average Bonchev–Trinajstić information content (AvgIpc) is 2.40. The minimum atomic E-state index is 0.827. The molecule has 2 aromatic rings. The molecule has 0 aliphatic carbocycles. The second-order valence-electron chi connectivity index (χ2n) is 4.86. The Morgan fingerprint density at radius 1 is 1.15 bits per heavy atom. The van der Waals surface area contributed by atoms with Gasteiger partial charge in [0.15, 0.2) is 0 Å². The number of pyridine rings is 1. The predicted molar refractivity (Wildman–Crippen MR) is 82.3 cm³/mol. The summed E-state index contributed by atoms with van der Waals surface area (Å²) in [6.45, 7) is 11.9. The normalized spacial score (nSPS) is 10.2. The Morgan fingerprint density at radius 3 is 2.50 bits per heavy atom. The summed E-state index contributed by atoms with van der Waals surface area (Å²) in [6, 6.07) is 3.90. The van der Waals surface area contributed by atoms with E-state index in [1.54, 1.807) is 6.20 Å². The van der Waals surface area contributed by atoms with Gasteiger partial charge in [-0.2, -0.15) is 0 Å². The van der Waals surface area contributed by atoms with Gasteiger partial charge in [-0.3, -0.25) is 9.98 Å². The molecule has 0 aliphatic heterocycles. The molecule has 0 atom stereocenters. The van der Waals surface area contributed by atoms with Crippen molar-refractivity contribution in [2.75, 3.05) is 0 Å². The molecule has 4 nitrogen and oxygen atoms in total. The first-order valence-electron chi connectivity index (χ1n) is 6.45. The maximum absolute atomic E-state index is 4.58. The molecule has 2 rings (SSSR count). The Labute approximate surface area is 119 Å². The standard InChI is InChI=1S/C16H18N4/c1-10(2)19-16-7-6-15(20-13(16)5)11(3)14-8-17-9-18-12(14)4/h6-9H,3H2,1-2,4-5H3. The fraction of sp³-hybridized carbons (Fsp3) is 0.250. The number of aryl methyl sites for hydroxylation is 2. The van der Waals surface area contributed by atoms with Crippen LogP contribution in [0.5, 0.6) is 0 Å². The molecule has 0 aliphatic rings. The number of rotatable bonds is 3. The maximum atomic E-state index is 4.58. The summed E-state index contributed by atoms with van der Waals surface area (Å²) in [4.78, 5) is 17.3. The molecule has 0 amide bonds. The van der Waals surface area contributed by atoms with Crippen LogP contribution in [0.1, 0.15) is 36.5 Å². The first kappa shape index (κ1) is 14.1. The van der Waals surface area contributed by atoms with Crippen molar-refractivity contribution in [3.63, 3.8) is 0 Å². The molecule has 20 heavy (non-hydrogen) atoms. The van der Waals surface area contributed by atoms with Crippen LogP contribution >= 0.6 is 0 Å². The summed E-state index contributed by atoms with van der Waals surface area (Å²) in [5.74, 6) is 0. The average molecular weight is 266 g/mol. The van der Waals surface area contributed by atoms with Gasteiger partial charge in [-0.15, -0.1) is 0 Å². The summed E-state index contributed by atoms with van der Waals surface area (Å²) in [5.41, 5.74) is 6.26. The monoisotopic (exact) mass is 266 g/mol. The number of aromatic nitrogens is 3. The van der Waals surface area contributed by atoms with E-state index >= 15 is 0 Å². The minimum absolute atomic E-state index is 0.827. The summed E-state index contributed by atoms with van der Waals surface area (Å²) in [5, 5.41) is 0. The third-order valence-corrected chi connectivity index (χ3v) is 2.95. The van der Waals surface area contributed by atoms with Crippen molar-refractivity contribution in [3.05, 3.63) is 53.9 Å². The molecular weight excluding hydrogens is 248 g/mol. The van der Waals surface area contributed by atoms with Crippen molar-refractivity contribution in [1.29, 1.82) is 0 Å². The first-order valence-corrected chi connectivity index (χ1v) is 6.45. The van der Waals surface area contributed by atoms with Crippen LogP contribution in [0.15, 0.2) is 36.2 Å². The molecule has 102 valence electrons. The van der Waals surface area contributed by atoms with Crippen molar-refractivity contribution in [1.82, 2.24) is 15.0 Å². The second kappa shape index (κ2) is 5.74. The highest BCUT2D eigenvalue weighted by Crippen LogP contribution is 2.24. The first-order chi connectivity index (χ1) is 9.49. The van der Waals surface area contributed by atoms with E-state index in [4.69, 9.17) is 0 Å². The van der Waals surface area contributed by atoms with Crippen molar-refractivity contribution in [2.45, 2.75) is 27.7 Å². The van der Waals surface area contributed by atoms with Crippen molar-refractivity contribution in [3.8, 4) is 0 Å². The highest BCUT2D eigenvalue weighted by Gasteiger charge is 2.09. The highest BCUT2D eigenvalue weighted by atomic mass is 14.8. The third kappa shape index (κ3) is 2.96. The number of hydrogen-bond donors (Lipinski definition) is 0. The lowest BCUT2D eigenvalue weighted by Crippen LogP contribution is -1.97. The quantitative estimate of drug-likeness (QED) is 0.796. The zero-order valence-electron chi connectivity index (χ0n) is 12.3. The van der Waals surface area contributed by atoms with E-state index in [0.717, 1.165) is 39.6 Å². The second-order valence-corrected chi connectivity index (χ2v) is 4.86. The third-order valence-electron chi connectivity index (χ3n) is 2.95. The summed E-state index contributed by atoms with van der Waals surface area (Å²) < 4.78 is 0. The van der Waals surface area contributed by atoms with Crippen LogP contribution in [0, 0.1) is 13.8 Å². The van der Waals surface area contributed by atoms with Gasteiger partial charge in [0, 0.05) is 28.7 Å². The molecule has 0 N–H and O–H groups in total. The Hall–Kier alpha value is -2.36. The summed E-state index contributed by atoms with van der Waals surface area (Å²) >= 11 is 0. The van der Waals surface area contributed by atoms with Crippen LogP contribution in [-0.2, 0) is 0 Å². The summed E-state index contributed by atoms with van der Waals surface area (Å²) in [7, 11) is 0. The van der Waals surface area contributed by atoms with E-state index in [1.807, 2.05) is 39.8 Å². The van der Waals surface area contributed by atoms with E-state index < -0.39 is 0 Å². The van der Waals surface area contributed by atoms with Gasteiger partial charge < -0.3 is 0 Å². The van der Waals surface area contributed by atoms with E-state index in [0.29, 0.717) is 0 Å². The van der Waals surface area contributed by atoms with Crippen LogP contribution in [0.4, 0.5) is 5.69 Å². The number of hydrogen-bond acceptors (Lipinski definition) is 4. The van der Waals surface area contributed by atoms with E-state index in [2.05, 4.69) is 26.5 Å². The molecule has 0 unspecified atom stereocenters. The molecule has 0 radical (unpaired) electrons. The molecule has 0 saturated heterocycles. The zero-order valence-corrected chi connectivity index (χ0v) is 12.3. The lowest BCUT2D eigenvalue weighted by molar-refractivity contribution is 1.08. The molecule has 0 saturated carbocycles. The van der Waals surface area contributed by atoms with Crippen LogP contribution in [0.25, 0.3) is 5.57 Å². The Balaban J connectivity index is 2.40. The Bertz CT molecular complexity index is 683. The van der Waals surface area contributed by atoms with Crippen molar-refractivity contribution >= 4 is 17.0 Å². The van der Waals surface area contributed by atoms with Crippen LogP contribution in [0.2, 0.25) is 0 Å². The van der Waals surface area contributed by atoms with Crippen LogP contribution in [0.3, 0.4) is 0 Å². The Morgan fingerprint density at radius 2 is 1.90 bits per heavy atom. The fourth-order valence-electron chi connectivity index (χ4n) is 1.91.